The van der Waals surface area contributed by atoms with Gasteiger partial charge in [-0.2, -0.15) is 0 Å². The molecule has 1 aromatic rings. The minimum atomic E-state index is -0.638. The number of benzene rings is 1. The average Bonchev–Trinajstić information content (AvgIpc) is 2.24. The summed E-state index contributed by atoms with van der Waals surface area (Å²) in [6.07, 6.45) is -0.638. The van der Waals surface area contributed by atoms with E-state index in [1.54, 1.807) is 32.9 Å². The highest BCUT2D eigenvalue weighted by atomic mass is 16.6. The Kier molecular flexibility index (Phi) is 4.25. The van der Waals surface area contributed by atoms with Gasteiger partial charge in [-0.05, 0) is 5.56 Å². The summed E-state index contributed by atoms with van der Waals surface area (Å²) >= 11 is 0. The van der Waals surface area contributed by atoms with Crippen molar-refractivity contribution in [1.29, 1.82) is 0 Å². The Bertz CT molecular complexity index is 446. The molecule has 0 aromatic heterocycles. The molecule has 0 spiro atoms. The highest BCUT2D eigenvalue weighted by Gasteiger charge is 2.05. The molecule has 0 aliphatic heterocycles. The van der Waals surface area contributed by atoms with Crippen LogP contribution in [0.5, 0.6) is 0 Å². The lowest BCUT2D eigenvalue weighted by Crippen LogP contribution is -2.31. The van der Waals surface area contributed by atoms with Crippen LogP contribution in [0, 0.1) is 10.1 Å². The lowest BCUT2D eigenvalue weighted by atomic mass is 10.2. The third kappa shape index (κ3) is 4.82. The first-order valence-electron chi connectivity index (χ1n) is 5.42. The third-order valence-electron chi connectivity index (χ3n) is 1.93. The summed E-state index contributed by atoms with van der Waals surface area (Å²) in [6.45, 7) is 5.41. The van der Waals surface area contributed by atoms with Crippen molar-refractivity contribution >= 4 is 11.8 Å². The lowest BCUT2D eigenvalue weighted by Gasteiger charge is -2.29. The van der Waals surface area contributed by atoms with E-state index in [0.717, 1.165) is 0 Å². The quantitative estimate of drug-likeness (QED) is 0.353. The van der Waals surface area contributed by atoms with Crippen LogP contribution in [0.4, 0.5) is 5.69 Å². The zero-order valence-corrected chi connectivity index (χ0v) is 10.5. The molecule has 6 nitrogen and oxygen atoms in total. The average molecular weight is 251 g/mol. The van der Waals surface area contributed by atoms with Crippen LogP contribution in [0.2, 0.25) is 0 Å². The van der Waals surface area contributed by atoms with E-state index in [4.69, 9.17) is 4.74 Å². The molecule has 1 rings (SSSR count). The maximum atomic E-state index is 11.3. The number of nitro benzene ring substituents is 1. The fourth-order valence-electron chi connectivity index (χ4n) is 1.17. The van der Waals surface area contributed by atoms with E-state index >= 15 is 0 Å². The molecule has 0 N–H and O–H groups in total. The fourth-order valence-corrected chi connectivity index (χ4v) is 1.17. The van der Waals surface area contributed by atoms with E-state index in [2.05, 4.69) is 4.99 Å². The number of rotatable bonds is 3. The van der Waals surface area contributed by atoms with Crippen LogP contribution in [-0.2, 0) is 11.3 Å². The van der Waals surface area contributed by atoms with E-state index in [0.29, 0.717) is 5.56 Å². The molecule has 6 heteroatoms. The van der Waals surface area contributed by atoms with E-state index < -0.39 is 16.6 Å². The molecule has 0 saturated carbocycles. The predicted molar refractivity (Wildman–Crippen MR) is 65.1 cm³/mol. The second-order valence-electron chi connectivity index (χ2n) is 4.72. The minimum absolute atomic E-state index is 0.0102. The third-order valence-corrected chi connectivity index (χ3v) is 1.93. The number of nitrogens with zero attached hydrogens (tertiary/aromatic N) is 2. The van der Waals surface area contributed by atoms with Crippen molar-refractivity contribution in [2.75, 3.05) is 0 Å². The molecule has 0 amide bonds. The van der Waals surface area contributed by atoms with Crippen LogP contribution in [0.1, 0.15) is 26.3 Å². The number of nitro groups is 1. The van der Waals surface area contributed by atoms with Crippen LogP contribution < -0.4 is 5.11 Å². The van der Waals surface area contributed by atoms with Crippen molar-refractivity contribution < 1.29 is 14.8 Å². The summed E-state index contributed by atoms with van der Waals surface area (Å²) in [5.74, 6) is 0. The molecule has 0 saturated heterocycles. The van der Waals surface area contributed by atoms with E-state index in [-0.39, 0.29) is 12.2 Å². The van der Waals surface area contributed by atoms with Gasteiger partial charge in [0.25, 0.3) is 5.69 Å². The first-order valence-corrected chi connectivity index (χ1v) is 5.42. The summed E-state index contributed by atoms with van der Waals surface area (Å²) < 4.78 is 5.01. The van der Waals surface area contributed by atoms with Gasteiger partial charge in [0.15, 0.2) is 0 Å². The number of non-ortho nitro benzene ring substituents is 1. The Morgan fingerprint density at radius 2 is 1.89 bits per heavy atom. The predicted octanol–water partition coefficient (Wildman–Crippen LogP) is 1.63. The van der Waals surface area contributed by atoms with Crippen molar-refractivity contribution in [2.24, 2.45) is 4.99 Å². The molecule has 0 unspecified atom stereocenters. The molecular weight excluding hydrogens is 236 g/mol. The van der Waals surface area contributed by atoms with Gasteiger partial charge >= 0.3 is 0 Å². The standard InChI is InChI=1S/C12H16N2O4/c1-12(2,3)18-11(15)13-8-9-4-6-10(7-5-9)14(16)17/h4-7H,8H2,1-3H3,(H,13,15)/p-1. The maximum Gasteiger partial charge on any atom is 0.269 e. The molecule has 0 radical (unpaired) electrons. The van der Waals surface area contributed by atoms with Crippen molar-refractivity contribution in [1.82, 2.24) is 0 Å². The van der Waals surface area contributed by atoms with Crippen molar-refractivity contribution in [2.45, 2.75) is 32.9 Å². The summed E-state index contributed by atoms with van der Waals surface area (Å²) in [6, 6.07) is 5.87. The molecule has 98 valence electrons. The largest absolute Gasteiger partial charge is 0.595 e. The summed E-state index contributed by atoms with van der Waals surface area (Å²) in [5, 5.41) is 21.8. The number of hydrogen-bond acceptors (Lipinski definition) is 5. The number of aliphatic imine (C=N–C) groups is 1. The Hall–Kier alpha value is -2.11. The summed E-state index contributed by atoms with van der Waals surface area (Å²) in [4.78, 5) is 13.7. The molecule has 0 bridgehead atoms. The van der Waals surface area contributed by atoms with Gasteiger partial charge in [0, 0.05) is 17.7 Å². The molecular formula is C12H15N2O4-. The zero-order valence-electron chi connectivity index (χ0n) is 10.5. The molecule has 0 aliphatic carbocycles. The fraction of sp³-hybridized carbons (Fsp3) is 0.417. The Balaban J connectivity index is 2.63. The van der Waals surface area contributed by atoms with Crippen LogP contribution >= 0.6 is 0 Å². The zero-order chi connectivity index (χ0) is 13.8. The molecule has 0 aliphatic rings. The van der Waals surface area contributed by atoms with Crippen LogP contribution in [0.3, 0.4) is 0 Å². The van der Waals surface area contributed by atoms with E-state index in [1.807, 2.05) is 0 Å². The van der Waals surface area contributed by atoms with E-state index in [9.17, 15) is 15.2 Å². The highest BCUT2D eigenvalue weighted by molar-refractivity contribution is 5.62. The summed E-state index contributed by atoms with van der Waals surface area (Å²) in [5.41, 5.74) is 0.151. The van der Waals surface area contributed by atoms with Gasteiger partial charge < -0.3 is 9.84 Å². The van der Waals surface area contributed by atoms with Gasteiger partial charge in [-0.3, -0.25) is 15.1 Å². The van der Waals surface area contributed by atoms with Gasteiger partial charge in [0.05, 0.1) is 11.5 Å². The monoisotopic (exact) mass is 251 g/mol. The normalized spacial score (nSPS) is 12.3. The van der Waals surface area contributed by atoms with E-state index in [1.165, 1.54) is 12.1 Å². The molecule has 0 atom stereocenters. The first kappa shape index (κ1) is 14.0. The number of ether oxygens (including phenoxy) is 1. The Labute approximate surface area is 105 Å². The second-order valence-corrected chi connectivity index (χ2v) is 4.72. The molecule has 0 fully saturated rings. The maximum absolute atomic E-state index is 11.3. The van der Waals surface area contributed by atoms with Crippen molar-refractivity contribution in [3.63, 3.8) is 0 Å². The Morgan fingerprint density at radius 1 is 1.33 bits per heavy atom. The molecule has 18 heavy (non-hydrogen) atoms. The van der Waals surface area contributed by atoms with Gasteiger partial charge in [-0.25, -0.2) is 0 Å². The summed E-state index contributed by atoms with van der Waals surface area (Å²) in [7, 11) is 0. The van der Waals surface area contributed by atoms with Gasteiger partial charge in [-0.15, -0.1) is 0 Å². The number of hydrogen-bond donors (Lipinski definition) is 0. The van der Waals surface area contributed by atoms with Crippen LogP contribution in [0.25, 0.3) is 0 Å². The SMILES string of the molecule is CC(C)(C)OC([O-])=NCc1ccc([N+](=O)[O-])cc1. The minimum Gasteiger partial charge on any atom is -0.595 e. The Morgan fingerprint density at radius 3 is 2.33 bits per heavy atom. The smallest absolute Gasteiger partial charge is 0.269 e. The molecule has 0 heterocycles. The van der Waals surface area contributed by atoms with Crippen LogP contribution in [0.15, 0.2) is 29.3 Å². The van der Waals surface area contributed by atoms with Crippen LogP contribution in [-0.4, -0.2) is 16.6 Å². The molecule has 1 aromatic carbocycles. The van der Waals surface area contributed by atoms with Crippen molar-refractivity contribution in [3.05, 3.63) is 39.9 Å². The lowest BCUT2D eigenvalue weighted by molar-refractivity contribution is -0.384. The second kappa shape index (κ2) is 5.48. The first-order chi connectivity index (χ1) is 8.28. The van der Waals surface area contributed by atoms with Gasteiger partial charge in [0.2, 0.25) is 0 Å². The highest BCUT2D eigenvalue weighted by Crippen LogP contribution is 2.13. The van der Waals surface area contributed by atoms with Crippen molar-refractivity contribution in [3.8, 4) is 0 Å². The van der Waals surface area contributed by atoms with Gasteiger partial charge in [0.1, 0.15) is 6.08 Å². The topological polar surface area (TPSA) is 87.8 Å². The van der Waals surface area contributed by atoms with Gasteiger partial charge in [-0.1, -0.05) is 32.9 Å².